The molecule has 1 aliphatic rings. The zero-order valence-corrected chi connectivity index (χ0v) is 4.39. The Bertz CT molecular complexity index is 117. The Morgan fingerprint density at radius 2 is 1.57 bits per heavy atom. The molecule has 2 heteroatoms. The van der Waals surface area contributed by atoms with Crippen LogP contribution in [0.4, 0.5) is 0 Å². The highest BCUT2D eigenvalue weighted by atomic mass is 15.0. The number of rotatable bonds is 0. The molecule has 36 valence electrons. The van der Waals surface area contributed by atoms with Crippen molar-refractivity contribution < 1.29 is 0 Å². The third kappa shape index (κ3) is 0.683. The average molecular weight is 94.1 g/mol. The highest BCUT2D eigenvalue weighted by Crippen LogP contribution is 1.97. The van der Waals surface area contributed by atoms with E-state index < -0.39 is 0 Å². The summed E-state index contributed by atoms with van der Waals surface area (Å²) in [5, 5.41) is 0. The molecule has 1 rings (SSSR count). The van der Waals surface area contributed by atoms with Gasteiger partial charge in [0.2, 0.25) is 6.67 Å². The van der Waals surface area contributed by atoms with Gasteiger partial charge in [-0.15, -0.1) is 0 Å². The maximum atomic E-state index is 3.78. The van der Waals surface area contributed by atoms with Crippen molar-refractivity contribution in [1.29, 1.82) is 0 Å². The fourth-order valence-electron chi connectivity index (χ4n) is 0.337. The van der Waals surface area contributed by atoms with Crippen LogP contribution in [0.5, 0.6) is 0 Å². The molecule has 0 saturated heterocycles. The van der Waals surface area contributed by atoms with E-state index in [1.165, 1.54) is 0 Å². The molecule has 0 aromatic heterocycles. The van der Waals surface area contributed by atoms with E-state index in [9.17, 15) is 0 Å². The SMILES string of the molecule is CC1=N[C]N=C1C. The predicted molar refractivity (Wildman–Crippen MR) is 29.5 cm³/mol. The summed E-state index contributed by atoms with van der Waals surface area (Å²) in [5.41, 5.74) is 1.94. The lowest BCUT2D eigenvalue weighted by Crippen LogP contribution is -1.98. The molecule has 0 aromatic carbocycles. The van der Waals surface area contributed by atoms with Crippen LogP contribution >= 0.6 is 0 Å². The molecule has 0 fully saturated rings. The lowest BCUT2D eigenvalue weighted by atomic mass is 10.3. The highest BCUT2D eigenvalue weighted by molar-refractivity contribution is 6.41. The van der Waals surface area contributed by atoms with Crippen LogP contribution in [0.15, 0.2) is 9.98 Å². The largest absolute Gasteiger partial charge is 0.250 e. The van der Waals surface area contributed by atoms with E-state index in [0.717, 1.165) is 11.4 Å². The summed E-state index contributed by atoms with van der Waals surface area (Å²) in [6.45, 7) is 6.33. The van der Waals surface area contributed by atoms with Gasteiger partial charge in [-0.25, -0.2) is 9.98 Å². The minimum absolute atomic E-state index is 0.972. The van der Waals surface area contributed by atoms with Gasteiger partial charge in [0.1, 0.15) is 0 Å². The number of hydrogen-bond donors (Lipinski definition) is 0. The Morgan fingerprint density at radius 3 is 1.71 bits per heavy atom. The molecule has 0 atom stereocenters. The summed E-state index contributed by atoms with van der Waals surface area (Å²) in [4.78, 5) is 7.56. The quantitative estimate of drug-likeness (QED) is 0.426. The zero-order chi connectivity index (χ0) is 5.28. The smallest absolute Gasteiger partial charge is 0.249 e. The molecule has 0 spiro atoms. The third-order valence-corrected chi connectivity index (χ3v) is 0.959. The van der Waals surface area contributed by atoms with Gasteiger partial charge in [-0.2, -0.15) is 0 Å². The highest BCUT2D eigenvalue weighted by Gasteiger charge is 2.00. The van der Waals surface area contributed by atoms with Gasteiger partial charge in [-0.05, 0) is 13.8 Å². The normalized spacial score (nSPS) is 19.1. The van der Waals surface area contributed by atoms with Crippen molar-refractivity contribution in [3.8, 4) is 0 Å². The van der Waals surface area contributed by atoms with E-state index in [-0.39, 0.29) is 0 Å². The van der Waals surface area contributed by atoms with E-state index >= 15 is 0 Å². The van der Waals surface area contributed by atoms with E-state index in [1.54, 1.807) is 0 Å². The first-order valence-electron chi connectivity index (χ1n) is 2.14. The van der Waals surface area contributed by atoms with Crippen LogP contribution in [0.2, 0.25) is 0 Å². The molecular weight excluding hydrogens is 88.1 g/mol. The number of hydrogen-bond acceptors (Lipinski definition) is 2. The van der Waals surface area contributed by atoms with Crippen molar-refractivity contribution in [2.45, 2.75) is 13.8 Å². The summed E-state index contributed by atoms with van der Waals surface area (Å²) >= 11 is 0. The molecule has 0 unspecified atom stereocenters. The fraction of sp³-hybridized carbons (Fsp3) is 0.400. The lowest BCUT2D eigenvalue weighted by molar-refractivity contribution is 1.28. The molecule has 0 saturated carbocycles. The Morgan fingerprint density at radius 1 is 1.14 bits per heavy atom. The average Bonchev–Trinajstić information content (AvgIpc) is 1.91. The Labute approximate surface area is 43.0 Å². The predicted octanol–water partition coefficient (Wildman–Crippen LogP) is 0.918. The van der Waals surface area contributed by atoms with Crippen LogP contribution in [-0.4, -0.2) is 11.4 Å². The van der Waals surface area contributed by atoms with Crippen LogP contribution in [0.25, 0.3) is 0 Å². The van der Waals surface area contributed by atoms with Gasteiger partial charge in [0.05, 0.1) is 11.4 Å². The van der Waals surface area contributed by atoms with Gasteiger partial charge in [0.15, 0.2) is 0 Å². The number of aliphatic imine (C=N–C) groups is 2. The Kier molecular flexibility index (Phi) is 0.929. The maximum Gasteiger partial charge on any atom is 0.250 e. The molecule has 0 N–H and O–H groups in total. The van der Waals surface area contributed by atoms with Gasteiger partial charge in [-0.1, -0.05) is 0 Å². The van der Waals surface area contributed by atoms with E-state index in [4.69, 9.17) is 0 Å². The van der Waals surface area contributed by atoms with Crippen LogP contribution < -0.4 is 0 Å². The molecule has 0 aromatic rings. The van der Waals surface area contributed by atoms with Crippen molar-refractivity contribution in [3.63, 3.8) is 0 Å². The van der Waals surface area contributed by atoms with E-state index in [2.05, 4.69) is 16.7 Å². The van der Waals surface area contributed by atoms with Crippen molar-refractivity contribution in [2.75, 3.05) is 0 Å². The summed E-state index contributed by atoms with van der Waals surface area (Å²) in [5.74, 6) is 0. The Hall–Kier alpha value is -0.660. The molecule has 0 bridgehead atoms. The van der Waals surface area contributed by atoms with Crippen LogP contribution in [-0.2, 0) is 0 Å². The second kappa shape index (κ2) is 1.45. The maximum absolute atomic E-state index is 3.78. The second-order valence-electron chi connectivity index (χ2n) is 1.49. The third-order valence-electron chi connectivity index (χ3n) is 0.959. The summed E-state index contributed by atoms with van der Waals surface area (Å²) in [6, 6.07) is 0. The minimum atomic E-state index is 0.972. The summed E-state index contributed by atoms with van der Waals surface area (Å²) < 4.78 is 0. The summed E-state index contributed by atoms with van der Waals surface area (Å²) in [7, 11) is 0. The van der Waals surface area contributed by atoms with Crippen molar-refractivity contribution >= 4 is 11.4 Å². The van der Waals surface area contributed by atoms with Crippen molar-refractivity contribution in [1.82, 2.24) is 0 Å². The minimum Gasteiger partial charge on any atom is -0.249 e. The lowest BCUT2D eigenvalue weighted by Gasteiger charge is -1.82. The zero-order valence-electron chi connectivity index (χ0n) is 4.39. The van der Waals surface area contributed by atoms with E-state index in [1.807, 2.05) is 13.8 Å². The monoisotopic (exact) mass is 94.1 g/mol. The second-order valence-corrected chi connectivity index (χ2v) is 1.49. The first-order chi connectivity index (χ1) is 3.30. The van der Waals surface area contributed by atoms with Crippen molar-refractivity contribution in [2.24, 2.45) is 9.98 Å². The van der Waals surface area contributed by atoms with Gasteiger partial charge >= 0.3 is 0 Å². The van der Waals surface area contributed by atoms with E-state index in [0.29, 0.717) is 0 Å². The van der Waals surface area contributed by atoms with Crippen LogP contribution in [0, 0.1) is 6.67 Å². The molecule has 0 aliphatic carbocycles. The standard InChI is InChI=1S/C5H6N2/c1-4-5(2)7-3-6-4/h1-2H3. The molecule has 1 aliphatic heterocycles. The van der Waals surface area contributed by atoms with Crippen LogP contribution in [0.3, 0.4) is 0 Å². The molecule has 2 radical (unpaired) electrons. The molecule has 7 heavy (non-hydrogen) atoms. The first kappa shape index (κ1) is 4.50. The van der Waals surface area contributed by atoms with Gasteiger partial charge in [0, 0.05) is 0 Å². The van der Waals surface area contributed by atoms with Crippen molar-refractivity contribution in [3.05, 3.63) is 6.67 Å². The fourth-order valence-corrected chi connectivity index (χ4v) is 0.337. The molecular formula is C5H6N2. The number of nitrogens with zero attached hydrogens (tertiary/aromatic N) is 2. The van der Waals surface area contributed by atoms with Gasteiger partial charge in [0.25, 0.3) is 0 Å². The van der Waals surface area contributed by atoms with Crippen LogP contribution in [0.1, 0.15) is 13.8 Å². The summed E-state index contributed by atoms with van der Waals surface area (Å²) in [6.07, 6.45) is 0. The topological polar surface area (TPSA) is 24.7 Å². The molecule has 2 nitrogen and oxygen atoms in total. The van der Waals surface area contributed by atoms with Gasteiger partial charge in [-0.3, -0.25) is 0 Å². The first-order valence-corrected chi connectivity index (χ1v) is 2.14. The Balaban J connectivity index is 2.78. The molecule has 1 heterocycles. The van der Waals surface area contributed by atoms with Gasteiger partial charge < -0.3 is 0 Å². The molecule has 0 amide bonds.